The molecule has 0 amide bonds. The number of rotatable bonds is 4. The van der Waals surface area contributed by atoms with E-state index in [-0.39, 0.29) is 5.41 Å². The fourth-order valence-corrected chi connectivity index (χ4v) is 7.66. The van der Waals surface area contributed by atoms with Crippen molar-refractivity contribution in [1.29, 1.82) is 0 Å². The van der Waals surface area contributed by atoms with Gasteiger partial charge in [0.05, 0.1) is 0 Å². The van der Waals surface area contributed by atoms with Crippen LogP contribution in [0.4, 0.5) is 0 Å². The molecule has 4 heteroatoms. The fourth-order valence-electron chi connectivity index (χ4n) is 6.38. The Balaban J connectivity index is 1.30. The molecule has 1 aliphatic rings. The van der Waals surface area contributed by atoms with Gasteiger partial charge in [-0.15, -0.1) is 22.7 Å². The van der Waals surface area contributed by atoms with Gasteiger partial charge >= 0.3 is 0 Å². The van der Waals surface area contributed by atoms with Crippen molar-refractivity contribution >= 4 is 33.4 Å². The van der Waals surface area contributed by atoms with Crippen molar-refractivity contribution in [2.75, 3.05) is 0 Å². The Morgan fingerprint density at radius 3 is 1.80 bits per heavy atom. The first-order valence-corrected chi connectivity index (χ1v) is 15.6. The highest BCUT2D eigenvalue weighted by atomic mass is 32.1. The van der Waals surface area contributed by atoms with E-state index in [0.717, 1.165) is 21.1 Å². The van der Waals surface area contributed by atoms with E-state index in [0.29, 0.717) is 0 Å². The summed E-state index contributed by atoms with van der Waals surface area (Å²) in [6, 6.07) is 35.9. The summed E-state index contributed by atoms with van der Waals surface area (Å²) in [5.41, 5.74) is 12.6. The van der Waals surface area contributed by atoms with Crippen LogP contribution in [-0.4, -0.2) is 9.97 Å². The van der Waals surface area contributed by atoms with E-state index in [1.807, 2.05) is 23.2 Å². The Morgan fingerprint density at radius 2 is 1.12 bits per heavy atom. The molecule has 0 spiro atoms. The van der Waals surface area contributed by atoms with E-state index >= 15 is 0 Å². The summed E-state index contributed by atoms with van der Waals surface area (Å²) >= 11 is 3.36. The van der Waals surface area contributed by atoms with E-state index in [4.69, 9.17) is 0 Å². The fraction of sp³-hybridized carbons (Fsp3) is 0.0811. The van der Waals surface area contributed by atoms with Gasteiger partial charge in [0.1, 0.15) is 10.0 Å². The van der Waals surface area contributed by atoms with E-state index in [1.165, 1.54) is 55.3 Å². The highest BCUT2D eigenvalue weighted by Gasteiger charge is 2.37. The third kappa shape index (κ3) is 3.90. The lowest BCUT2D eigenvalue weighted by molar-refractivity contribution is 0.661. The summed E-state index contributed by atoms with van der Waals surface area (Å²) in [6.07, 6.45) is 3.75. The van der Waals surface area contributed by atoms with Crippen LogP contribution >= 0.6 is 22.7 Å². The highest BCUT2D eigenvalue weighted by molar-refractivity contribution is 7.13. The minimum atomic E-state index is -0.140. The Labute approximate surface area is 247 Å². The molecule has 8 rings (SSSR count). The van der Waals surface area contributed by atoms with E-state index in [9.17, 15) is 0 Å². The number of nitrogens with zero attached hydrogens (tertiary/aromatic N) is 2. The normalized spacial score (nSPS) is 13.3. The number of aromatic nitrogens is 2. The van der Waals surface area contributed by atoms with Gasteiger partial charge in [-0.05, 0) is 79.5 Å². The molecule has 0 fully saturated rings. The van der Waals surface area contributed by atoms with E-state index in [1.54, 1.807) is 22.7 Å². The average Bonchev–Trinajstić information content (AvgIpc) is 3.79. The lowest BCUT2D eigenvalue weighted by Gasteiger charge is -2.23. The van der Waals surface area contributed by atoms with Crippen molar-refractivity contribution in [3.63, 3.8) is 0 Å². The standard InChI is InChI=1S/C37H26N2S2/c1-37(2)32-21-24(23-7-5-9-26(19-23)35-38-15-17-40-35)13-14-30(32)34-29-12-4-3-11-28(29)31(22-33(34)37)25-8-6-10-27(20-25)36-39-16-18-41-36/h3-22H,1-2H3. The van der Waals surface area contributed by atoms with Gasteiger partial charge in [0.2, 0.25) is 0 Å². The molecule has 0 saturated heterocycles. The summed E-state index contributed by atoms with van der Waals surface area (Å²) in [5.74, 6) is 0. The SMILES string of the molecule is CC1(C)c2cc(-c3cccc(-c4nccs4)c3)ccc2-c2c1cc(-c1cccc(-c3nccs3)c1)c1ccccc21. The third-order valence-electron chi connectivity index (χ3n) is 8.41. The molecule has 7 aromatic rings. The van der Waals surface area contributed by atoms with Crippen molar-refractivity contribution in [1.82, 2.24) is 9.97 Å². The van der Waals surface area contributed by atoms with Crippen LogP contribution in [0.1, 0.15) is 25.0 Å². The Hall–Kier alpha value is -4.38. The third-order valence-corrected chi connectivity index (χ3v) is 10.1. The number of fused-ring (bicyclic) bond motifs is 5. The first kappa shape index (κ1) is 24.4. The second-order valence-electron chi connectivity index (χ2n) is 11.1. The largest absolute Gasteiger partial charge is 0.245 e. The molecule has 0 bridgehead atoms. The van der Waals surface area contributed by atoms with Crippen molar-refractivity contribution < 1.29 is 0 Å². The Kier molecular flexibility index (Phi) is 5.56. The number of thiazole rings is 2. The molecule has 41 heavy (non-hydrogen) atoms. The van der Waals surface area contributed by atoms with Crippen LogP contribution < -0.4 is 0 Å². The summed E-state index contributed by atoms with van der Waals surface area (Å²) in [7, 11) is 0. The molecule has 1 aliphatic carbocycles. The second kappa shape index (κ2) is 9.34. The summed E-state index contributed by atoms with van der Waals surface area (Å²) in [4.78, 5) is 9.09. The van der Waals surface area contributed by atoms with Crippen LogP contribution in [0.2, 0.25) is 0 Å². The quantitative estimate of drug-likeness (QED) is 0.213. The van der Waals surface area contributed by atoms with Crippen LogP contribution in [0.5, 0.6) is 0 Å². The molecule has 0 saturated carbocycles. The number of hydrogen-bond donors (Lipinski definition) is 0. The van der Waals surface area contributed by atoms with E-state index in [2.05, 4.69) is 121 Å². The molecular formula is C37H26N2S2. The number of benzene rings is 5. The lowest BCUT2D eigenvalue weighted by Crippen LogP contribution is -2.15. The van der Waals surface area contributed by atoms with Crippen molar-refractivity contribution in [3.05, 3.63) is 131 Å². The molecule has 2 heterocycles. The zero-order valence-electron chi connectivity index (χ0n) is 22.8. The van der Waals surface area contributed by atoms with Gasteiger partial charge in [0, 0.05) is 39.7 Å². The van der Waals surface area contributed by atoms with Gasteiger partial charge in [0.15, 0.2) is 0 Å². The predicted molar refractivity (Wildman–Crippen MR) is 175 cm³/mol. The van der Waals surface area contributed by atoms with Gasteiger partial charge in [-0.25, -0.2) is 9.97 Å². The molecule has 0 aliphatic heterocycles. The zero-order chi connectivity index (χ0) is 27.6. The van der Waals surface area contributed by atoms with Gasteiger partial charge in [-0.1, -0.05) is 86.6 Å². The molecule has 2 nitrogen and oxygen atoms in total. The predicted octanol–water partition coefficient (Wildman–Crippen LogP) is 10.7. The van der Waals surface area contributed by atoms with Crippen molar-refractivity contribution in [3.8, 4) is 54.5 Å². The van der Waals surface area contributed by atoms with Crippen molar-refractivity contribution in [2.24, 2.45) is 0 Å². The maximum Gasteiger partial charge on any atom is 0.123 e. The zero-order valence-corrected chi connectivity index (χ0v) is 24.4. The maximum absolute atomic E-state index is 4.56. The molecule has 0 unspecified atom stereocenters. The molecule has 5 aromatic carbocycles. The summed E-state index contributed by atoms with van der Waals surface area (Å²) in [5, 5.41) is 8.77. The van der Waals surface area contributed by atoms with Crippen LogP contribution in [0, 0.1) is 0 Å². The first-order valence-electron chi connectivity index (χ1n) is 13.8. The summed E-state index contributed by atoms with van der Waals surface area (Å²) in [6.45, 7) is 4.75. The topological polar surface area (TPSA) is 25.8 Å². The van der Waals surface area contributed by atoms with Crippen LogP contribution in [0.25, 0.3) is 65.3 Å². The molecular weight excluding hydrogens is 537 g/mol. The first-order chi connectivity index (χ1) is 20.1. The van der Waals surface area contributed by atoms with Crippen LogP contribution in [0.15, 0.2) is 120 Å². The van der Waals surface area contributed by atoms with Gasteiger partial charge in [0.25, 0.3) is 0 Å². The Bertz CT molecular complexity index is 2070. The minimum absolute atomic E-state index is 0.140. The smallest absolute Gasteiger partial charge is 0.123 e. The van der Waals surface area contributed by atoms with Gasteiger partial charge in [-0.3, -0.25) is 0 Å². The van der Waals surface area contributed by atoms with Crippen molar-refractivity contribution in [2.45, 2.75) is 19.3 Å². The number of hydrogen-bond acceptors (Lipinski definition) is 4. The van der Waals surface area contributed by atoms with Crippen LogP contribution in [-0.2, 0) is 5.41 Å². The molecule has 196 valence electrons. The van der Waals surface area contributed by atoms with E-state index < -0.39 is 0 Å². The Morgan fingerprint density at radius 1 is 0.512 bits per heavy atom. The monoisotopic (exact) mass is 562 g/mol. The van der Waals surface area contributed by atoms with Gasteiger partial charge in [-0.2, -0.15) is 0 Å². The molecule has 0 atom stereocenters. The average molecular weight is 563 g/mol. The lowest BCUT2D eigenvalue weighted by atomic mass is 9.80. The maximum atomic E-state index is 4.56. The summed E-state index contributed by atoms with van der Waals surface area (Å²) < 4.78 is 0. The molecule has 0 N–H and O–H groups in total. The second-order valence-corrected chi connectivity index (χ2v) is 12.9. The molecule has 0 radical (unpaired) electrons. The molecule has 2 aromatic heterocycles. The highest BCUT2D eigenvalue weighted by Crippen LogP contribution is 2.54. The van der Waals surface area contributed by atoms with Crippen LogP contribution in [0.3, 0.4) is 0 Å². The minimum Gasteiger partial charge on any atom is -0.245 e. The van der Waals surface area contributed by atoms with Gasteiger partial charge < -0.3 is 0 Å².